The number of methoxy groups -OCH3 is 1. The van der Waals surface area contributed by atoms with E-state index >= 15 is 0 Å². The molecule has 0 saturated heterocycles. The average Bonchev–Trinajstić information content (AvgIpc) is 2.59. The zero-order valence-corrected chi connectivity index (χ0v) is 14.5. The maximum atomic E-state index is 13.7. The summed E-state index contributed by atoms with van der Waals surface area (Å²) in [6, 6.07) is 9.36. The first kappa shape index (κ1) is 18.9. The van der Waals surface area contributed by atoms with Gasteiger partial charge in [0, 0.05) is 12.5 Å². The minimum absolute atomic E-state index is 0.251. The van der Waals surface area contributed by atoms with Crippen molar-refractivity contribution in [1.29, 1.82) is 0 Å². The molecule has 1 unspecified atom stereocenters. The van der Waals surface area contributed by atoms with Crippen molar-refractivity contribution in [2.24, 2.45) is 0 Å². The Morgan fingerprint density at radius 1 is 1.24 bits per heavy atom. The van der Waals surface area contributed by atoms with Crippen LogP contribution in [0.4, 0.5) is 4.39 Å². The molecule has 1 atom stereocenters. The van der Waals surface area contributed by atoms with Gasteiger partial charge in [-0.25, -0.2) is 4.39 Å². The van der Waals surface area contributed by atoms with Gasteiger partial charge in [0.2, 0.25) is 0 Å². The van der Waals surface area contributed by atoms with Gasteiger partial charge in [-0.3, -0.25) is 4.79 Å². The molecule has 0 aliphatic heterocycles. The van der Waals surface area contributed by atoms with Crippen LogP contribution >= 0.6 is 0 Å². The van der Waals surface area contributed by atoms with Crippen LogP contribution in [0.3, 0.4) is 0 Å². The smallest absolute Gasteiger partial charge is 0.305 e. The number of aryl methyl sites for hydroxylation is 2. The van der Waals surface area contributed by atoms with Crippen LogP contribution in [0.25, 0.3) is 0 Å². The lowest BCUT2D eigenvalue weighted by molar-refractivity contribution is -0.140. The van der Waals surface area contributed by atoms with Gasteiger partial charge in [0.1, 0.15) is 17.3 Å². The number of nitrogens with one attached hydrogen (secondary N) is 1. The van der Waals surface area contributed by atoms with Gasteiger partial charge in [-0.2, -0.15) is 5.48 Å². The topological polar surface area (TPSA) is 67.8 Å². The molecule has 2 aromatic carbocycles. The molecule has 2 rings (SSSR count). The van der Waals surface area contributed by atoms with Crippen LogP contribution in [0.1, 0.15) is 36.1 Å². The largest absolute Gasteiger partial charge is 0.469 e. The first-order valence-corrected chi connectivity index (χ1v) is 7.97. The lowest BCUT2D eigenvalue weighted by Crippen LogP contribution is -2.13. The second-order valence-corrected chi connectivity index (χ2v) is 5.84. The van der Waals surface area contributed by atoms with E-state index in [0.717, 1.165) is 11.1 Å². The number of halogens is 1. The van der Waals surface area contributed by atoms with Crippen LogP contribution < -0.4 is 10.2 Å². The Balaban J connectivity index is 2.14. The summed E-state index contributed by atoms with van der Waals surface area (Å²) < 4.78 is 24.1. The monoisotopic (exact) mass is 347 g/mol. The number of ether oxygens (including phenoxy) is 2. The lowest BCUT2D eigenvalue weighted by Gasteiger charge is -2.13. The van der Waals surface area contributed by atoms with Crippen LogP contribution in [0, 0.1) is 12.7 Å². The molecular weight excluding hydrogens is 325 g/mol. The van der Waals surface area contributed by atoms with Crippen molar-refractivity contribution >= 4 is 5.97 Å². The standard InChI is InChI=1S/C19H22FNO4/c1-12-8-17(6-4-14(12)5-7-19(22)24-3)25-18-10-15(13(2)21-23)9-16(20)11-18/h4,6,8-11,13,21,23H,5,7H2,1-3H3. The number of hydroxylamine groups is 1. The molecule has 0 fully saturated rings. The Morgan fingerprint density at radius 2 is 2.00 bits per heavy atom. The minimum Gasteiger partial charge on any atom is -0.469 e. The predicted octanol–water partition coefficient (Wildman–Crippen LogP) is 4.07. The Labute approximate surface area is 146 Å². The SMILES string of the molecule is COC(=O)CCc1ccc(Oc2cc(F)cc(C(C)NO)c2)cc1C. The summed E-state index contributed by atoms with van der Waals surface area (Å²) in [5, 5.41) is 8.99. The maximum Gasteiger partial charge on any atom is 0.305 e. The van der Waals surface area contributed by atoms with E-state index < -0.39 is 11.9 Å². The van der Waals surface area contributed by atoms with Gasteiger partial charge in [0.25, 0.3) is 0 Å². The van der Waals surface area contributed by atoms with E-state index in [0.29, 0.717) is 29.9 Å². The first-order valence-electron chi connectivity index (χ1n) is 7.97. The molecule has 2 N–H and O–H groups in total. The molecule has 0 amide bonds. The third kappa shape index (κ3) is 5.27. The second kappa shape index (κ2) is 8.60. The summed E-state index contributed by atoms with van der Waals surface area (Å²) in [6.45, 7) is 3.63. The van der Waals surface area contributed by atoms with Crippen molar-refractivity contribution in [1.82, 2.24) is 5.48 Å². The second-order valence-electron chi connectivity index (χ2n) is 5.84. The van der Waals surface area contributed by atoms with Crippen molar-refractivity contribution in [3.05, 3.63) is 58.9 Å². The van der Waals surface area contributed by atoms with Gasteiger partial charge in [-0.1, -0.05) is 6.07 Å². The summed E-state index contributed by atoms with van der Waals surface area (Å²) in [5.41, 5.74) is 4.66. The highest BCUT2D eigenvalue weighted by molar-refractivity contribution is 5.69. The molecule has 0 radical (unpaired) electrons. The van der Waals surface area contributed by atoms with Crippen LogP contribution in [0.5, 0.6) is 11.5 Å². The van der Waals surface area contributed by atoms with Crippen molar-refractivity contribution in [3.8, 4) is 11.5 Å². The lowest BCUT2D eigenvalue weighted by atomic mass is 10.0. The molecule has 0 heterocycles. The molecule has 0 saturated carbocycles. The van der Waals surface area contributed by atoms with Gasteiger partial charge in [0.05, 0.1) is 13.2 Å². The third-order valence-corrected chi connectivity index (χ3v) is 3.96. The van der Waals surface area contributed by atoms with Crippen LogP contribution in [0.2, 0.25) is 0 Å². The fraction of sp³-hybridized carbons (Fsp3) is 0.316. The van der Waals surface area contributed by atoms with E-state index in [1.165, 1.54) is 19.2 Å². The molecular formula is C19H22FNO4. The number of carbonyl (C=O) groups excluding carboxylic acids is 1. The highest BCUT2D eigenvalue weighted by Crippen LogP contribution is 2.27. The summed E-state index contributed by atoms with van der Waals surface area (Å²) in [6.07, 6.45) is 0.902. The average molecular weight is 347 g/mol. The Morgan fingerprint density at radius 3 is 2.64 bits per heavy atom. The number of benzene rings is 2. The highest BCUT2D eigenvalue weighted by Gasteiger charge is 2.10. The van der Waals surface area contributed by atoms with E-state index in [4.69, 9.17) is 9.94 Å². The number of carbonyl (C=O) groups is 1. The van der Waals surface area contributed by atoms with E-state index in [1.807, 2.05) is 19.1 Å². The van der Waals surface area contributed by atoms with Crippen molar-refractivity contribution in [2.75, 3.05) is 7.11 Å². The predicted molar refractivity (Wildman–Crippen MR) is 91.3 cm³/mol. The third-order valence-electron chi connectivity index (χ3n) is 3.96. The van der Waals surface area contributed by atoms with E-state index in [2.05, 4.69) is 10.2 Å². The fourth-order valence-electron chi connectivity index (χ4n) is 2.46. The Bertz CT molecular complexity index is 748. The summed E-state index contributed by atoms with van der Waals surface area (Å²) in [5.74, 6) is 0.221. The number of rotatable bonds is 7. The molecule has 0 aliphatic rings. The summed E-state index contributed by atoms with van der Waals surface area (Å²) in [7, 11) is 1.37. The van der Waals surface area contributed by atoms with Gasteiger partial charge in [-0.15, -0.1) is 0 Å². The maximum absolute atomic E-state index is 13.7. The minimum atomic E-state index is -0.443. The van der Waals surface area contributed by atoms with Crippen LogP contribution in [0.15, 0.2) is 36.4 Å². The highest BCUT2D eigenvalue weighted by atomic mass is 19.1. The molecule has 0 aliphatic carbocycles. The Kier molecular flexibility index (Phi) is 6.50. The zero-order chi connectivity index (χ0) is 18.4. The van der Waals surface area contributed by atoms with Crippen molar-refractivity contribution < 1.29 is 23.9 Å². The quantitative estimate of drug-likeness (QED) is 0.584. The first-order chi connectivity index (χ1) is 11.9. The normalized spacial score (nSPS) is 11.9. The zero-order valence-electron chi connectivity index (χ0n) is 14.5. The molecule has 0 bridgehead atoms. The number of hydrogen-bond acceptors (Lipinski definition) is 5. The molecule has 6 heteroatoms. The summed E-state index contributed by atoms with van der Waals surface area (Å²) >= 11 is 0. The molecule has 134 valence electrons. The molecule has 0 spiro atoms. The fourth-order valence-corrected chi connectivity index (χ4v) is 2.46. The number of esters is 1. The molecule has 25 heavy (non-hydrogen) atoms. The van der Waals surface area contributed by atoms with Crippen molar-refractivity contribution in [2.45, 2.75) is 32.7 Å². The number of hydrogen-bond donors (Lipinski definition) is 2. The van der Waals surface area contributed by atoms with Gasteiger partial charge < -0.3 is 14.7 Å². The molecule has 5 nitrogen and oxygen atoms in total. The van der Waals surface area contributed by atoms with Gasteiger partial charge >= 0.3 is 5.97 Å². The van der Waals surface area contributed by atoms with Crippen LogP contribution in [-0.2, 0) is 16.0 Å². The van der Waals surface area contributed by atoms with Crippen molar-refractivity contribution in [3.63, 3.8) is 0 Å². The van der Waals surface area contributed by atoms with E-state index in [1.54, 1.807) is 19.1 Å². The van der Waals surface area contributed by atoms with Crippen LogP contribution in [-0.4, -0.2) is 18.3 Å². The molecule has 0 aromatic heterocycles. The Hall–Kier alpha value is -2.44. The van der Waals surface area contributed by atoms with Gasteiger partial charge in [-0.05, 0) is 61.2 Å². The molecule has 2 aromatic rings. The van der Waals surface area contributed by atoms with E-state index in [9.17, 15) is 9.18 Å². The van der Waals surface area contributed by atoms with Gasteiger partial charge in [0.15, 0.2) is 0 Å². The summed E-state index contributed by atoms with van der Waals surface area (Å²) in [4.78, 5) is 11.2. The van der Waals surface area contributed by atoms with E-state index in [-0.39, 0.29) is 5.97 Å².